The standard InChI is InChI=1S/C13H13NO2/c1-9-4-3-5-11(16-2)12(9)13(8-14)6-10(15)7-13/h3-5H,6-7H2,1-2H3. The van der Waals surface area contributed by atoms with Crippen molar-refractivity contribution in [3.63, 3.8) is 0 Å². The lowest BCUT2D eigenvalue weighted by Crippen LogP contribution is -2.41. The highest BCUT2D eigenvalue weighted by Crippen LogP contribution is 2.45. The van der Waals surface area contributed by atoms with Crippen molar-refractivity contribution in [2.24, 2.45) is 0 Å². The van der Waals surface area contributed by atoms with E-state index in [-0.39, 0.29) is 5.78 Å². The van der Waals surface area contributed by atoms with Crippen LogP contribution in [0.5, 0.6) is 5.75 Å². The van der Waals surface area contributed by atoms with Crippen molar-refractivity contribution in [3.05, 3.63) is 29.3 Å². The van der Waals surface area contributed by atoms with Crippen molar-refractivity contribution >= 4 is 5.78 Å². The fourth-order valence-corrected chi connectivity index (χ4v) is 2.36. The topological polar surface area (TPSA) is 50.1 Å². The molecule has 0 saturated heterocycles. The van der Waals surface area contributed by atoms with Crippen LogP contribution in [0.1, 0.15) is 24.0 Å². The van der Waals surface area contributed by atoms with Gasteiger partial charge in [-0.15, -0.1) is 0 Å². The first kappa shape index (κ1) is 10.7. The van der Waals surface area contributed by atoms with Gasteiger partial charge in [-0.05, 0) is 18.6 Å². The molecular weight excluding hydrogens is 202 g/mol. The Balaban J connectivity index is 2.55. The minimum absolute atomic E-state index is 0.145. The summed E-state index contributed by atoms with van der Waals surface area (Å²) in [4.78, 5) is 11.2. The number of methoxy groups -OCH3 is 1. The lowest BCUT2D eigenvalue weighted by Gasteiger charge is -2.36. The van der Waals surface area contributed by atoms with Crippen LogP contribution >= 0.6 is 0 Å². The number of carbonyl (C=O) groups is 1. The van der Waals surface area contributed by atoms with E-state index in [2.05, 4.69) is 6.07 Å². The molecule has 0 atom stereocenters. The van der Waals surface area contributed by atoms with E-state index in [1.807, 2.05) is 25.1 Å². The van der Waals surface area contributed by atoms with Crippen molar-refractivity contribution < 1.29 is 9.53 Å². The van der Waals surface area contributed by atoms with E-state index in [4.69, 9.17) is 4.74 Å². The van der Waals surface area contributed by atoms with Crippen molar-refractivity contribution in [2.75, 3.05) is 7.11 Å². The third kappa shape index (κ3) is 1.38. The van der Waals surface area contributed by atoms with Crippen LogP contribution in [-0.4, -0.2) is 12.9 Å². The van der Waals surface area contributed by atoms with Gasteiger partial charge in [-0.2, -0.15) is 5.26 Å². The molecule has 1 aromatic rings. The normalized spacial score (nSPS) is 17.4. The molecule has 0 aromatic heterocycles. The monoisotopic (exact) mass is 215 g/mol. The molecule has 0 heterocycles. The molecule has 0 aliphatic heterocycles. The summed E-state index contributed by atoms with van der Waals surface area (Å²) in [5.74, 6) is 0.848. The molecule has 1 saturated carbocycles. The predicted octanol–water partition coefficient (Wildman–Crippen LogP) is 2.13. The molecule has 1 aromatic carbocycles. The van der Waals surface area contributed by atoms with E-state index in [1.165, 1.54) is 0 Å². The van der Waals surface area contributed by atoms with Crippen LogP contribution in [0.2, 0.25) is 0 Å². The van der Waals surface area contributed by atoms with Gasteiger partial charge >= 0.3 is 0 Å². The van der Waals surface area contributed by atoms with E-state index in [0.29, 0.717) is 18.6 Å². The van der Waals surface area contributed by atoms with Crippen LogP contribution in [-0.2, 0) is 10.2 Å². The van der Waals surface area contributed by atoms with Gasteiger partial charge in [0.1, 0.15) is 11.5 Å². The molecule has 0 unspecified atom stereocenters. The lowest BCUT2D eigenvalue weighted by atomic mass is 9.63. The largest absolute Gasteiger partial charge is 0.496 e. The van der Waals surface area contributed by atoms with Crippen LogP contribution in [0.15, 0.2) is 18.2 Å². The Morgan fingerprint density at radius 2 is 2.12 bits per heavy atom. The van der Waals surface area contributed by atoms with E-state index in [0.717, 1.165) is 11.1 Å². The Labute approximate surface area is 94.6 Å². The third-order valence-corrected chi connectivity index (χ3v) is 3.14. The average Bonchev–Trinajstić information content (AvgIpc) is 2.24. The Hall–Kier alpha value is -1.82. The maximum Gasteiger partial charge on any atom is 0.136 e. The number of benzene rings is 1. The number of nitrogens with zero attached hydrogens (tertiary/aromatic N) is 1. The SMILES string of the molecule is COc1cccc(C)c1C1(C#N)CC(=O)C1. The van der Waals surface area contributed by atoms with Gasteiger partial charge in [-0.3, -0.25) is 4.79 Å². The predicted molar refractivity (Wildman–Crippen MR) is 59.3 cm³/mol. The zero-order chi connectivity index (χ0) is 11.8. The zero-order valence-corrected chi connectivity index (χ0v) is 9.41. The molecule has 3 heteroatoms. The number of nitriles is 1. The van der Waals surface area contributed by atoms with Crippen molar-refractivity contribution in [2.45, 2.75) is 25.2 Å². The van der Waals surface area contributed by atoms with Gasteiger partial charge in [0.15, 0.2) is 0 Å². The minimum Gasteiger partial charge on any atom is -0.496 e. The summed E-state index contributed by atoms with van der Waals surface area (Å²) in [5.41, 5.74) is 1.22. The summed E-state index contributed by atoms with van der Waals surface area (Å²) < 4.78 is 5.28. The molecule has 2 rings (SSSR count). The maximum atomic E-state index is 11.2. The number of hydrogen-bond donors (Lipinski definition) is 0. The van der Waals surface area contributed by atoms with Gasteiger partial charge in [0.2, 0.25) is 0 Å². The van der Waals surface area contributed by atoms with E-state index < -0.39 is 5.41 Å². The first-order valence-corrected chi connectivity index (χ1v) is 5.20. The second kappa shape index (κ2) is 3.64. The molecule has 1 aliphatic carbocycles. The molecule has 16 heavy (non-hydrogen) atoms. The van der Waals surface area contributed by atoms with Crippen molar-refractivity contribution in [1.29, 1.82) is 5.26 Å². The lowest BCUT2D eigenvalue weighted by molar-refractivity contribution is -0.126. The molecule has 0 spiro atoms. The molecule has 3 nitrogen and oxygen atoms in total. The van der Waals surface area contributed by atoms with E-state index >= 15 is 0 Å². The number of rotatable bonds is 2. The highest BCUT2D eigenvalue weighted by Gasteiger charge is 2.47. The average molecular weight is 215 g/mol. The molecule has 0 N–H and O–H groups in total. The van der Waals surface area contributed by atoms with E-state index in [9.17, 15) is 10.1 Å². The summed E-state index contributed by atoms with van der Waals surface area (Å²) in [6, 6.07) is 7.95. The number of carbonyl (C=O) groups excluding carboxylic acids is 1. The van der Waals surface area contributed by atoms with Crippen LogP contribution in [0, 0.1) is 18.3 Å². The fraction of sp³-hybridized carbons (Fsp3) is 0.385. The van der Waals surface area contributed by atoms with Crippen LogP contribution in [0.4, 0.5) is 0 Å². The number of ether oxygens (including phenoxy) is 1. The smallest absolute Gasteiger partial charge is 0.136 e. The molecular formula is C13H13NO2. The van der Waals surface area contributed by atoms with Gasteiger partial charge in [-0.1, -0.05) is 12.1 Å². The van der Waals surface area contributed by atoms with Gasteiger partial charge in [0.25, 0.3) is 0 Å². The Bertz CT molecular complexity index is 477. The maximum absolute atomic E-state index is 11.2. The molecule has 0 amide bonds. The Morgan fingerprint density at radius 1 is 1.44 bits per heavy atom. The Kier molecular flexibility index (Phi) is 2.43. The molecule has 82 valence electrons. The number of Topliss-reactive ketones (excluding diaryl/α,β-unsaturated/α-hetero) is 1. The summed E-state index contributed by atoms with van der Waals surface area (Å²) >= 11 is 0. The summed E-state index contributed by atoms with van der Waals surface area (Å²) in [6.07, 6.45) is 0.620. The third-order valence-electron chi connectivity index (χ3n) is 3.14. The second-order valence-electron chi connectivity index (χ2n) is 4.24. The number of ketones is 1. The first-order valence-electron chi connectivity index (χ1n) is 5.20. The van der Waals surface area contributed by atoms with Gasteiger partial charge in [-0.25, -0.2) is 0 Å². The minimum atomic E-state index is -0.659. The van der Waals surface area contributed by atoms with Crippen LogP contribution in [0.25, 0.3) is 0 Å². The number of hydrogen-bond acceptors (Lipinski definition) is 3. The molecule has 1 aliphatic rings. The molecule has 0 bridgehead atoms. The van der Waals surface area contributed by atoms with Gasteiger partial charge in [0, 0.05) is 18.4 Å². The zero-order valence-electron chi connectivity index (χ0n) is 9.41. The van der Waals surface area contributed by atoms with Gasteiger partial charge < -0.3 is 4.74 Å². The Morgan fingerprint density at radius 3 is 2.62 bits per heavy atom. The highest BCUT2D eigenvalue weighted by molar-refractivity contribution is 5.90. The van der Waals surface area contributed by atoms with Crippen LogP contribution in [0.3, 0.4) is 0 Å². The molecule has 1 fully saturated rings. The van der Waals surface area contributed by atoms with E-state index in [1.54, 1.807) is 7.11 Å². The van der Waals surface area contributed by atoms with Gasteiger partial charge in [0.05, 0.1) is 18.6 Å². The van der Waals surface area contributed by atoms with Crippen LogP contribution < -0.4 is 4.74 Å². The summed E-state index contributed by atoms with van der Waals surface area (Å²) in [6.45, 7) is 1.94. The fourth-order valence-electron chi connectivity index (χ4n) is 2.36. The summed E-state index contributed by atoms with van der Waals surface area (Å²) in [7, 11) is 1.59. The molecule has 0 radical (unpaired) electrons. The summed E-state index contributed by atoms with van der Waals surface area (Å²) in [5, 5.41) is 9.29. The van der Waals surface area contributed by atoms with Crippen molar-refractivity contribution in [3.8, 4) is 11.8 Å². The quantitative estimate of drug-likeness (QED) is 0.759. The highest BCUT2D eigenvalue weighted by atomic mass is 16.5. The van der Waals surface area contributed by atoms with Crippen molar-refractivity contribution in [1.82, 2.24) is 0 Å². The second-order valence-corrected chi connectivity index (χ2v) is 4.24. The first-order chi connectivity index (χ1) is 7.63. The number of aryl methyl sites for hydroxylation is 1.